The van der Waals surface area contributed by atoms with Gasteiger partial charge in [0.25, 0.3) is 0 Å². The van der Waals surface area contributed by atoms with Crippen molar-refractivity contribution in [1.29, 1.82) is 0 Å². The Hall–Kier alpha value is -0.345. The molecule has 3 nitrogen and oxygen atoms in total. The van der Waals surface area contributed by atoms with Crippen molar-refractivity contribution >= 4 is 13.6 Å². The van der Waals surface area contributed by atoms with Crippen molar-refractivity contribution in [2.45, 2.75) is 0 Å². The molecule has 1 N–H and O–H groups in total. The summed E-state index contributed by atoms with van der Waals surface area (Å²) in [6, 6.07) is 0. The molecule has 0 aromatic carbocycles. The average molecular weight is 153 g/mol. The number of morpholine rings is 1. The van der Waals surface area contributed by atoms with Crippen molar-refractivity contribution in [1.82, 2.24) is 10.2 Å². The predicted octanol–water partition coefficient (Wildman–Crippen LogP) is -1.16. The summed E-state index contributed by atoms with van der Waals surface area (Å²) in [6.45, 7) is 5.81. The van der Waals surface area contributed by atoms with Crippen LogP contribution in [0.5, 0.6) is 0 Å². The van der Waals surface area contributed by atoms with Gasteiger partial charge in [-0.05, 0) is 0 Å². The van der Waals surface area contributed by atoms with Gasteiger partial charge in [-0.15, -0.1) is 0 Å². The van der Waals surface area contributed by atoms with Gasteiger partial charge in [-0.2, -0.15) is 0 Å². The Morgan fingerprint density at radius 3 is 2.82 bits per heavy atom. The second kappa shape index (κ2) is 5.32. The molecule has 0 unspecified atom stereocenters. The first kappa shape index (κ1) is 8.75. The van der Waals surface area contributed by atoms with E-state index in [9.17, 15) is 0 Å². The van der Waals surface area contributed by atoms with Gasteiger partial charge in [-0.3, -0.25) is 0 Å². The van der Waals surface area contributed by atoms with E-state index in [0.717, 1.165) is 39.4 Å². The SMILES string of the molecule is [B]=CNCCN1CCOCC1. The molecule has 0 spiro atoms. The second-order valence-corrected chi connectivity index (χ2v) is 2.57. The summed E-state index contributed by atoms with van der Waals surface area (Å²) < 4.78 is 5.21. The fourth-order valence-corrected chi connectivity index (χ4v) is 1.13. The van der Waals surface area contributed by atoms with Crippen LogP contribution in [-0.4, -0.2) is 57.9 Å². The van der Waals surface area contributed by atoms with Crippen LogP contribution in [0.2, 0.25) is 0 Å². The summed E-state index contributed by atoms with van der Waals surface area (Å²) in [5.74, 6) is 0. The van der Waals surface area contributed by atoms with Crippen molar-refractivity contribution in [3.05, 3.63) is 0 Å². The monoisotopic (exact) mass is 153 g/mol. The van der Waals surface area contributed by atoms with E-state index in [1.165, 1.54) is 6.09 Å². The molecule has 11 heavy (non-hydrogen) atoms. The third-order valence-corrected chi connectivity index (χ3v) is 1.79. The predicted molar refractivity (Wildman–Crippen MR) is 47.1 cm³/mol. The van der Waals surface area contributed by atoms with Gasteiger partial charge >= 0.3 is 67.9 Å². The van der Waals surface area contributed by atoms with Gasteiger partial charge in [0.2, 0.25) is 0 Å². The molecule has 0 atom stereocenters. The molecule has 0 aromatic heterocycles. The maximum absolute atomic E-state index is 5.21. The number of nitrogens with one attached hydrogen (secondary N) is 1. The first-order valence-corrected chi connectivity index (χ1v) is 4.00. The molecule has 1 aliphatic rings. The first-order valence-electron chi connectivity index (χ1n) is 4.00. The molecular weight excluding hydrogens is 139 g/mol. The topological polar surface area (TPSA) is 24.5 Å². The first-order chi connectivity index (χ1) is 5.43. The van der Waals surface area contributed by atoms with E-state index in [1.807, 2.05) is 0 Å². The van der Waals surface area contributed by atoms with Crippen molar-refractivity contribution in [2.75, 3.05) is 39.4 Å². The van der Waals surface area contributed by atoms with E-state index >= 15 is 0 Å². The molecule has 0 saturated carbocycles. The fraction of sp³-hybridized carbons (Fsp3) is 0.857. The molecular formula is C7H14BN2O. The molecule has 0 amide bonds. The van der Waals surface area contributed by atoms with Gasteiger partial charge < -0.3 is 0 Å². The van der Waals surface area contributed by atoms with Crippen LogP contribution in [0.4, 0.5) is 0 Å². The van der Waals surface area contributed by atoms with Crippen LogP contribution < -0.4 is 5.32 Å². The Balaban J connectivity index is 2.00. The van der Waals surface area contributed by atoms with E-state index in [-0.39, 0.29) is 0 Å². The summed E-state index contributed by atoms with van der Waals surface area (Å²) in [5, 5.41) is 2.97. The number of hydrogen-bond acceptors (Lipinski definition) is 3. The molecule has 1 saturated heterocycles. The van der Waals surface area contributed by atoms with Gasteiger partial charge in [-0.25, -0.2) is 0 Å². The summed E-state index contributed by atoms with van der Waals surface area (Å²) in [6.07, 6.45) is 1.49. The standard InChI is InChI=1S/C7H14BN2O/c8-7-9-1-2-10-3-5-11-6-4-10/h7,9H,1-6H2. The van der Waals surface area contributed by atoms with Crippen molar-refractivity contribution < 1.29 is 4.74 Å². The Morgan fingerprint density at radius 1 is 1.45 bits per heavy atom. The molecule has 1 radical (unpaired) electrons. The number of rotatable bonds is 4. The molecule has 1 aliphatic heterocycles. The zero-order chi connectivity index (χ0) is 7.94. The Bertz CT molecular complexity index is 115. The molecule has 1 fully saturated rings. The zero-order valence-electron chi connectivity index (χ0n) is 6.75. The Kier molecular flexibility index (Phi) is 4.23. The van der Waals surface area contributed by atoms with Gasteiger partial charge in [0.05, 0.1) is 0 Å². The van der Waals surface area contributed by atoms with Crippen LogP contribution in [0.25, 0.3) is 0 Å². The molecule has 0 aromatic rings. The van der Waals surface area contributed by atoms with Crippen LogP contribution in [0, 0.1) is 0 Å². The third kappa shape index (κ3) is 3.53. The van der Waals surface area contributed by atoms with Gasteiger partial charge in [0.15, 0.2) is 0 Å². The average Bonchev–Trinajstić information content (AvgIpc) is 2.07. The maximum atomic E-state index is 5.21. The van der Waals surface area contributed by atoms with Crippen LogP contribution in [0.3, 0.4) is 0 Å². The van der Waals surface area contributed by atoms with Gasteiger partial charge in [-0.1, -0.05) is 0 Å². The van der Waals surface area contributed by atoms with Crippen molar-refractivity contribution in [3.8, 4) is 0 Å². The summed E-state index contributed by atoms with van der Waals surface area (Å²) >= 11 is 0. The van der Waals surface area contributed by atoms with E-state index in [1.54, 1.807) is 0 Å². The number of hydrogen-bond donors (Lipinski definition) is 1. The molecule has 0 bridgehead atoms. The second-order valence-electron chi connectivity index (χ2n) is 2.57. The molecule has 4 heteroatoms. The number of ether oxygens (including phenoxy) is 1. The van der Waals surface area contributed by atoms with Crippen molar-refractivity contribution in [2.24, 2.45) is 0 Å². The normalized spacial score (nSPS) is 19.5. The number of nitrogens with zero attached hydrogens (tertiary/aromatic N) is 1. The zero-order valence-corrected chi connectivity index (χ0v) is 6.75. The van der Waals surface area contributed by atoms with E-state index in [4.69, 9.17) is 12.2 Å². The Labute approximate surface area is 68.8 Å². The minimum absolute atomic E-state index is 0.867. The summed E-state index contributed by atoms with van der Waals surface area (Å²) in [4.78, 5) is 2.36. The van der Waals surface area contributed by atoms with Gasteiger partial charge in [0.1, 0.15) is 0 Å². The van der Waals surface area contributed by atoms with Crippen LogP contribution in [-0.2, 0) is 4.74 Å². The quantitative estimate of drug-likeness (QED) is 0.407. The van der Waals surface area contributed by atoms with E-state index in [2.05, 4.69) is 10.2 Å². The minimum atomic E-state index is 0.867. The molecule has 1 rings (SSSR count). The van der Waals surface area contributed by atoms with E-state index in [0.29, 0.717) is 0 Å². The molecule has 1 heterocycles. The molecule has 61 valence electrons. The third-order valence-electron chi connectivity index (χ3n) is 1.79. The molecule has 0 aliphatic carbocycles. The van der Waals surface area contributed by atoms with Crippen LogP contribution >= 0.6 is 0 Å². The summed E-state index contributed by atoms with van der Waals surface area (Å²) in [7, 11) is 5.16. The summed E-state index contributed by atoms with van der Waals surface area (Å²) in [5.41, 5.74) is 0. The Morgan fingerprint density at radius 2 is 2.18 bits per heavy atom. The van der Waals surface area contributed by atoms with Gasteiger partial charge in [0, 0.05) is 0 Å². The van der Waals surface area contributed by atoms with E-state index < -0.39 is 0 Å². The van der Waals surface area contributed by atoms with Crippen LogP contribution in [0.1, 0.15) is 0 Å². The van der Waals surface area contributed by atoms with Crippen molar-refractivity contribution in [3.63, 3.8) is 0 Å². The fourth-order valence-electron chi connectivity index (χ4n) is 1.13. The van der Waals surface area contributed by atoms with Crippen LogP contribution in [0.15, 0.2) is 0 Å².